The van der Waals surface area contributed by atoms with Gasteiger partial charge in [0.1, 0.15) is 13.2 Å². The van der Waals surface area contributed by atoms with Crippen LogP contribution >= 0.6 is 0 Å². The highest BCUT2D eigenvalue weighted by atomic mass is 16.7. The van der Waals surface area contributed by atoms with Crippen LogP contribution in [0.15, 0.2) is 109 Å². The molecule has 0 rings (SSSR count). The van der Waals surface area contributed by atoms with E-state index in [4.69, 9.17) is 18.9 Å². The highest BCUT2D eigenvalue weighted by molar-refractivity contribution is 5.71. The van der Waals surface area contributed by atoms with Gasteiger partial charge in [0.15, 0.2) is 6.10 Å². The minimum atomic E-state index is -1.52. The van der Waals surface area contributed by atoms with Crippen LogP contribution in [-0.4, -0.2) is 87.4 Å². The van der Waals surface area contributed by atoms with Gasteiger partial charge < -0.3 is 28.5 Å². The molecule has 0 radical (unpaired) electrons. The number of carbonyl (C=O) groups excluding carboxylic acids is 2. The largest absolute Gasteiger partial charge is 0.477 e. The Hall–Kier alpha value is -4.05. The summed E-state index contributed by atoms with van der Waals surface area (Å²) in [5, 5.41) is 9.66. The topological polar surface area (TPSA) is 108 Å². The molecule has 0 spiro atoms. The third kappa shape index (κ3) is 47.7. The first-order chi connectivity index (χ1) is 31.6. The molecule has 0 aromatic carbocycles. The predicted molar refractivity (Wildman–Crippen MR) is 271 cm³/mol. The molecule has 0 aliphatic rings. The lowest BCUT2D eigenvalue weighted by Gasteiger charge is -2.25. The van der Waals surface area contributed by atoms with Gasteiger partial charge in [-0.15, -0.1) is 0 Å². The van der Waals surface area contributed by atoms with Crippen LogP contribution in [0.2, 0.25) is 0 Å². The number of hydrogen-bond donors (Lipinski definition) is 1. The number of carbonyl (C=O) groups is 3. The summed E-state index contributed by atoms with van der Waals surface area (Å²) >= 11 is 0. The number of nitrogens with zero attached hydrogens (tertiary/aromatic N) is 1. The van der Waals surface area contributed by atoms with E-state index in [1.165, 1.54) is 6.42 Å². The van der Waals surface area contributed by atoms with E-state index < -0.39 is 24.3 Å². The SMILES string of the molecule is CC/C=C\C/C=C\C/C=C\C/C=C\C/C=C\C/C=C\C/C=C\CCCCCCCC(=O)OC(COC(=O)CCCCCCC/C=C\C/C=C\CCC)COC(OCC[N+](C)(C)C)C(=O)O. The molecule has 368 valence electrons. The summed E-state index contributed by atoms with van der Waals surface area (Å²) in [6.07, 6.45) is 60.1. The van der Waals surface area contributed by atoms with Gasteiger partial charge in [-0.3, -0.25) is 9.59 Å². The Kier molecular flexibility index (Phi) is 43.6. The molecule has 0 aromatic rings. The van der Waals surface area contributed by atoms with Crippen molar-refractivity contribution in [2.24, 2.45) is 0 Å². The Morgan fingerprint density at radius 2 is 0.877 bits per heavy atom. The van der Waals surface area contributed by atoms with Gasteiger partial charge in [0.05, 0.1) is 34.4 Å². The zero-order valence-corrected chi connectivity index (χ0v) is 41.6. The summed E-state index contributed by atoms with van der Waals surface area (Å²) in [6.45, 7) is 4.62. The fourth-order valence-corrected chi connectivity index (χ4v) is 6.15. The summed E-state index contributed by atoms with van der Waals surface area (Å²) in [4.78, 5) is 37.2. The summed E-state index contributed by atoms with van der Waals surface area (Å²) in [6, 6.07) is 0. The third-order valence-corrected chi connectivity index (χ3v) is 9.99. The molecule has 2 atom stereocenters. The van der Waals surface area contributed by atoms with Crippen molar-refractivity contribution >= 4 is 17.9 Å². The highest BCUT2D eigenvalue weighted by Crippen LogP contribution is 2.12. The highest BCUT2D eigenvalue weighted by Gasteiger charge is 2.25. The second-order valence-electron chi connectivity index (χ2n) is 17.4. The van der Waals surface area contributed by atoms with Crippen LogP contribution in [0.25, 0.3) is 0 Å². The maximum atomic E-state index is 12.8. The fraction of sp³-hybridized carbons (Fsp3) is 0.625. The van der Waals surface area contributed by atoms with Crippen LogP contribution < -0.4 is 0 Å². The van der Waals surface area contributed by atoms with E-state index in [0.717, 1.165) is 128 Å². The molecule has 0 amide bonds. The Bertz CT molecular complexity index is 1430. The van der Waals surface area contributed by atoms with Crippen LogP contribution in [0.4, 0.5) is 0 Å². The van der Waals surface area contributed by atoms with Gasteiger partial charge in [0.2, 0.25) is 0 Å². The van der Waals surface area contributed by atoms with Crippen molar-refractivity contribution in [1.29, 1.82) is 0 Å². The van der Waals surface area contributed by atoms with Crippen LogP contribution in [0.1, 0.15) is 168 Å². The lowest BCUT2D eigenvalue weighted by molar-refractivity contribution is -0.870. The molecular weight excluding hydrogens is 815 g/mol. The van der Waals surface area contributed by atoms with Crippen molar-refractivity contribution in [3.63, 3.8) is 0 Å². The maximum Gasteiger partial charge on any atom is 0.361 e. The van der Waals surface area contributed by atoms with E-state index in [-0.39, 0.29) is 38.6 Å². The molecule has 9 heteroatoms. The zero-order chi connectivity index (χ0) is 47.7. The molecule has 2 unspecified atom stereocenters. The molecule has 0 aliphatic carbocycles. The van der Waals surface area contributed by atoms with Gasteiger partial charge in [-0.1, -0.05) is 168 Å². The normalized spacial score (nSPS) is 13.8. The molecule has 65 heavy (non-hydrogen) atoms. The summed E-state index contributed by atoms with van der Waals surface area (Å²) in [5.74, 6) is -2.07. The molecule has 0 fully saturated rings. The third-order valence-electron chi connectivity index (χ3n) is 9.99. The van der Waals surface area contributed by atoms with Gasteiger partial charge >= 0.3 is 17.9 Å². The van der Waals surface area contributed by atoms with E-state index in [2.05, 4.69) is 123 Å². The van der Waals surface area contributed by atoms with Crippen LogP contribution in [0.3, 0.4) is 0 Å². The van der Waals surface area contributed by atoms with Crippen molar-refractivity contribution in [1.82, 2.24) is 0 Å². The Balaban J connectivity index is 4.40. The minimum Gasteiger partial charge on any atom is -0.477 e. The summed E-state index contributed by atoms with van der Waals surface area (Å²) in [7, 11) is 5.93. The van der Waals surface area contributed by atoms with Crippen LogP contribution in [0, 0.1) is 0 Å². The first-order valence-corrected chi connectivity index (χ1v) is 25.1. The molecular formula is C56H92NO8+. The van der Waals surface area contributed by atoms with Crippen LogP contribution in [0.5, 0.6) is 0 Å². The van der Waals surface area contributed by atoms with E-state index in [1.807, 2.05) is 21.1 Å². The number of aliphatic carboxylic acids is 1. The van der Waals surface area contributed by atoms with E-state index in [0.29, 0.717) is 17.4 Å². The maximum absolute atomic E-state index is 12.8. The summed E-state index contributed by atoms with van der Waals surface area (Å²) < 4.78 is 22.7. The van der Waals surface area contributed by atoms with E-state index in [9.17, 15) is 19.5 Å². The van der Waals surface area contributed by atoms with Crippen molar-refractivity contribution in [2.75, 3.05) is 47.5 Å². The Labute approximate surface area is 396 Å². The first kappa shape index (κ1) is 60.9. The number of carboxylic acids is 1. The quantitative estimate of drug-likeness (QED) is 0.0212. The van der Waals surface area contributed by atoms with Gasteiger partial charge in [-0.25, -0.2) is 4.79 Å². The minimum absolute atomic E-state index is 0.175. The predicted octanol–water partition coefficient (Wildman–Crippen LogP) is 14.0. The van der Waals surface area contributed by atoms with Gasteiger partial charge in [0, 0.05) is 12.8 Å². The smallest absolute Gasteiger partial charge is 0.361 e. The molecule has 0 saturated heterocycles. The second kappa shape index (κ2) is 46.5. The number of ether oxygens (including phenoxy) is 4. The Morgan fingerprint density at radius 3 is 1.31 bits per heavy atom. The standard InChI is InChI=1S/C56H91NO8/c1-6-8-10-12-14-16-18-20-21-22-23-24-25-26-27-28-29-30-31-32-33-35-37-39-41-43-45-47-54(59)65-52(51-64-56(55(60)61)62-49-48-57(3,4)5)50-63-53(58)46-44-42-40-38-36-34-19-17-15-13-11-9-7-2/h8,10-11,13-14,16-17,19-21,23-24,26-27,29-30,32-33,52,56H,6-7,9,12,15,18,22,25,28,31,34-51H2,1-5H3/p+1/b10-8-,13-11-,16-14-,19-17-,21-20-,24-23-,27-26-,30-29-,33-32-. The average Bonchev–Trinajstić information content (AvgIpc) is 3.27. The van der Waals surface area contributed by atoms with Crippen LogP contribution in [-0.2, 0) is 33.3 Å². The van der Waals surface area contributed by atoms with Gasteiger partial charge in [0.25, 0.3) is 6.29 Å². The van der Waals surface area contributed by atoms with Crippen molar-refractivity contribution in [2.45, 2.75) is 180 Å². The number of allylic oxidation sites excluding steroid dienone is 18. The number of unbranched alkanes of at least 4 members (excludes halogenated alkanes) is 11. The lowest BCUT2D eigenvalue weighted by Crippen LogP contribution is -2.40. The van der Waals surface area contributed by atoms with Crippen molar-refractivity contribution < 1.29 is 42.9 Å². The average molecular weight is 907 g/mol. The monoisotopic (exact) mass is 907 g/mol. The van der Waals surface area contributed by atoms with E-state index >= 15 is 0 Å². The fourth-order valence-electron chi connectivity index (χ4n) is 6.15. The lowest BCUT2D eigenvalue weighted by atomic mass is 10.1. The van der Waals surface area contributed by atoms with Crippen molar-refractivity contribution in [3.05, 3.63) is 109 Å². The van der Waals surface area contributed by atoms with E-state index in [1.54, 1.807) is 0 Å². The second-order valence-corrected chi connectivity index (χ2v) is 17.4. The Morgan fingerprint density at radius 1 is 0.477 bits per heavy atom. The first-order valence-electron chi connectivity index (χ1n) is 25.1. The number of likely N-dealkylation sites (N-methyl/N-ethyl adjacent to an activating group) is 1. The zero-order valence-electron chi connectivity index (χ0n) is 41.6. The molecule has 9 nitrogen and oxygen atoms in total. The molecule has 0 saturated carbocycles. The number of hydrogen-bond acceptors (Lipinski definition) is 7. The molecule has 1 N–H and O–H groups in total. The molecule has 0 heterocycles. The molecule has 0 aliphatic heterocycles. The number of carboxylic acid groups (broad SMARTS) is 1. The number of esters is 2. The molecule has 0 aromatic heterocycles. The number of rotatable bonds is 44. The van der Waals surface area contributed by atoms with Gasteiger partial charge in [-0.2, -0.15) is 0 Å². The number of quaternary nitrogens is 1. The van der Waals surface area contributed by atoms with Crippen molar-refractivity contribution in [3.8, 4) is 0 Å². The summed E-state index contributed by atoms with van der Waals surface area (Å²) in [5.41, 5.74) is 0. The molecule has 0 bridgehead atoms. The van der Waals surface area contributed by atoms with Gasteiger partial charge in [-0.05, 0) is 96.3 Å².